The number of hydrogen-bond acceptors (Lipinski definition) is 3. The second kappa shape index (κ2) is 3.79. The molecule has 0 aromatic carbocycles. The third-order valence-electron chi connectivity index (χ3n) is 2.20. The predicted octanol–water partition coefficient (Wildman–Crippen LogP) is 1.31. The molecule has 1 saturated heterocycles. The highest BCUT2D eigenvalue weighted by atomic mass is 16.5. The summed E-state index contributed by atoms with van der Waals surface area (Å²) in [5.74, 6) is 0.855. The van der Waals surface area contributed by atoms with Crippen molar-refractivity contribution in [3.63, 3.8) is 0 Å². The topological polar surface area (TPSA) is 49.9 Å². The smallest absolute Gasteiger partial charge is 0.200 e. The van der Waals surface area contributed by atoms with Gasteiger partial charge in [-0.3, -0.25) is 0 Å². The SMILES string of the molecule is Cc1cnc(NC2CCCOC2)[nH]1. The number of hydrogen-bond donors (Lipinski definition) is 2. The van der Waals surface area contributed by atoms with E-state index in [1.165, 1.54) is 6.42 Å². The van der Waals surface area contributed by atoms with Crippen molar-refractivity contribution in [2.45, 2.75) is 25.8 Å². The van der Waals surface area contributed by atoms with Gasteiger partial charge >= 0.3 is 0 Å². The molecule has 13 heavy (non-hydrogen) atoms. The monoisotopic (exact) mass is 181 g/mol. The number of imidazole rings is 1. The summed E-state index contributed by atoms with van der Waals surface area (Å²) < 4.78 is 5.36. The summed E-state index contributed by atoms with van der Waals surface area (Å²) in [5, 5.41) is 3.31. The van der Waals surface area contributed by atoms with Crippen molar-refractivity contribution in [2.75, 3.05) is 18.5 Å². The van der Waals surface area contributed by atoms with E-state index in [2.05, 4.69) is 15.3 Å². The number of ether oxygens (including phenoxy) is 1. The van der Waals surface area contributed by atoms with Gasteiger partial charge in [0.05, 0.1) is 12.6 Å². The first-order valence-corrected chi connectivity index (χ1v) is 4.70. The summed E-state index contributed by atoms with van der Waals surface area (Å²) in [6.07, 6.45) is 4.13. The summed E-state index contributed by atoms with van der Waals surface area (Å²) in [6, 6.07) is 0.416. The molecule has 72 valence electrons. The van der Waals surface area contributed by atoms with E-state index in [1.807, 2.05) is 13.1 Å². The van der Waals surface area contributed by atoms with Gasteiger partial charge in [-0.2, -0.15) is 0 Å². The van der Waals surface area contributed by atoms with Gasteiger partial charge in [-0.1, -0.05) is 0 Å². The number of aryl methyl sites for hydroxylation is 1. The van der Waals surface area contributed by atoms with Gasteiger partial charge in [0.25, 0.3) is 0 Å². The lowest BCUT2D eigenvalue weighted by Crippen LogP contribution is -2.30. The van der Waals surface area contributed by atoms with Gasteiger partial charge in [-0.25, -0.2) is 4.98 Å². The largest absolute Gasteiger partial charge is 0.379 e. The maximum atomic E-state index is 5.36. The van der Waals surface area contributed by atoms with Crippen LogP contribution >= 0.6 is 0 Å². The molecule has 1 unspecified atom stereocenters. The van der Waals surface area contributed by atoms with Crippen molar-refractivity contribution in [1.82, 2.24) is 9.97 Å². The first-order valence-electron chi connectivity index (χ1n) is 4.70. The maximum Gasteiger partial charge on any atom is 0.200 e. The zero-order valence-electron chi connectivity index (χ0n) is 7.84. The van der Waals surface area contributed by atoms with E-state index in [0.717, 1.165) is 31.3 Å². The molecular weight excluding hydrogens is 166 g/mol. The average molecular weight is 181 g/mol. The fourth-order valence-electron chi connectivity index (χ4n) is 1.53. The molecule has 2 N–H and O–H groups in total. The quantitative estimate of drug-likeness (QED) is 0.723. The molecule has 0 spiro atoms. The lowest BCUT2D eigenvalue weighted by atomic mass is 10.1. The number of anilines is 1. The molecule has 1 fully saturated rings. The van der Waals surface area contributed by atoms with Crippen molar-refractivity contribution >= 4 is 5.95 Å². The fourth-order valence-corrected chi connectivity index (χ4v) is 1.53. The summed E-state index contributed by atoms with van der Waals surface area (Å²) in [5.41, 5.74) is 1.08. The van der Waals surface area contributed by atoms with E-state index < -0.39 is 0 Å². The number of nitrogens with zero attached hydrogens (tertiary/aromatic N) is 1. The Bertz CT molecular complexity index is 266. The standard InChI is InChI=1S/C9H15N3O/c1-7-5-10-9(11-7)12-8-3-2-4-13-6-8/h5,8H,2-4,6H2,1H3,(H2,10,11,12). The first-order chi connectivity index (χ1) is 6.34. The average Bonchev–Trinajstić information content (AvgIpc) is 2.53. The molecule has 2 heterocycles. The molecule has 1 aromatic rings. The second-order valence-corrected chi connectivity index (χ2v) is 3.47. The van der Waals surface area contributed by atoms with Crippen LogP contribution in [-0.2, 0) is 4.74 Å². The zero-order valence-corrected chi connectivity index (χ0v) is 7.84. The summed E-state index contributed by atoms with van der Waals surface area (Å²) >= 11 is 0. The molecule has 0 bridgehead atoms. The molecule has 0 amide bonds. The normalized spacial score (nSPS) is 23.0. The van der Waals surface area contributed by atoms with Gasteiger partial charge in [0.15, 0.2) is 0 Å². The van der Waals surface area contributed by atoms with Crippen LogP contribution in [0.15, 0.2) is 6.20 Å². The summed E-state index contributed by atoms with van der Waals surface area (Å²) in [6.45, 7) is 3.69. The molecule has 0 radical (unpaired) electrons. The molecule has 4 heteroatoms. The lowest BCUT2D eigenvalue weighted by molar-refractivity contribution is 0.0874. The number of aromatic nitrogens is 2. The van der Waals surface area contributed by atoms with Crippen LogP contribution in [0.5, 0.6) is 0 Å². The zero-order chi connectivity index (χ0) is 9.10. The number of nitrogens with one attached hydrogen (secondary N) is 2. The maximum absolute atomic E-state index is 5.36. The molecular formula is C9H15N3O. The van der Waals surface area contributed by atoms with Gasteiger partial charge in [0, 0.05) is 18.5 Å². The summed E-state index contributed by atoms with van der Waals surface area (Å²) in [7, 11) is 0. The van der Waals surface area contributed by atoms with Crippen LogP contribution in [0.1, 0.15) is 18.5 Å². The Balaban J connectivity index is 1.89. The number of rotatable bonds is 2. The molecule has 2 rings (SSSR count). The third-order valence-corrected chi connectivity index (χ3v) is 2.20. The summed E-state index contributed by atoms with van der Waals surface area (Å²) in [4.78, 5) is 7.33. The van der Waals surface area contributed by atoms with Crippen molar-refractivity contribution in [3.8, 4) is 0 Å². The van der Waals surface area contributed by atoms with Gasteiger partial charge in [-0.15, -0.1) is 0 Å². The Labute approximate surface area is 77.7 Å². The Morgan fingerprint density at radius 1 is 1.69 bits per heavy atom. The van der Waals surface area contributed by atoms with Crippen LogP contribution in [-0.4, -0.2) is 29.2 Å². The van der Waals surface area contributed by atoms with E-state index in [-0.39, 0.29) is 0 Å². The molecule has 1 aliphatic heterocycles. The fraction of sp³-hybridized carbons (Fsp3) is 0.667. The second-order valence-electron chi connectivity index (χ2n) is 3.47. The van der Waals surface area contributed by atoms with Crippen molar-refractivity contribution < 1.29 is 4.74 Å². The van der Waals surface area contributed by atoms with Crippen LogP contribution in [0.2, 0.25) is 0 Å². The van der Waals surface area contributed by atoms with E-state index in [9.17, 15) is 0 Å². The third kappa shape index (κ3) is 2.21. The highest BCUT2D eigenvalue weighted by Gasteiger charge is 2.13. The Morgan fingerprint density at radius 3 is 3.23 bits per heavy atom. The van der Waals surface area contributed by atoms with Crippen LogP contribution < -0.4 is 5.32 Å². The highest BCUT2D eigenvalue weighted by Crippen LogP contribution is 2.11. The van der Waals surface area contributed by atoms with Crippen molar-refractivity contribution in [3.05, 3.63) is 11.9 Å². The van der Waals surface area contributed by atoms with E-state index in [0.29, 0.717) is 6.04 Å². The predicted molar refractivity (Wildman–Crippen MR) is 50.8 cm³/mol. The van der Waals surface area contributed by atoms with Crippen LogP contribution in [0.25, 0.3) is 0 Å². The van der Waals surface area contributed by atoms with E-state index >= 15 is 0 Å². The molecule has 4 nitrogen and oxygen atoms in total. The molecule has 1 atom stereocenters. The van der Waals surface area contributed by atoms with Crippen LogP contribution in [0.4, 0.5) is 5.95 Å². The minimum Gasteiger partial charge on any atom is -0.379 e. The molecule has 0 aliphatic carbocycles. The molecule has 0 saturated carbocycles. The number of H-pyrrole nitrogens is 1. The van der Waals surface area contributed by atoms with Crippen LogP contribution in [0.3, 0.4) is 0 Å². The minimum atomic E-state index is 0.416. The lowest BCUT2D eigenvalue weighted by Gasteiger charge is -2.22. The first kappa shape index (κ1) is 8.56. The Morgan fingerprint density at radius 2 is 2.62 bits per heavy atom. The van der Waals surface area contributed by atoms with Gasteiger partial charge in [0.2, 0.25) is 5.95 Å². The molecule has 1 aliphatic rings. The van der Waals surface area contributed by atoms with Crippen molar-refractivity contribution in [1.29, 1.82) is 0 Å². The van der Waals surface area contributed by atoms with E-state index in [4.69, 9.17) is 4.74 Å². The van der Waals surface area contributed by atoms with E-state index in [1.54, 1.807) is 0 Å². The number of aromatic amines is 1. The Kier molecular flexibility index (Phi) is 2.49. The highest BCUT2D eigenvalue weighted by molar-refractivity contribution is 5.27. The minimum absolute atomic E-state index is 0.416. The van der Waals surface area contributed by atoms with Gasteiger partial charge in [0.1, 0.15) is 0 Å². The Hall–Kier alpha value is -1.03. The van der Waals surface area contributed by atoms with Crippen molar-refractivity contribution in [2.24, 2.45) is 0 Å². The van der Waals surface area contributed by atoms with Gasteiger partial charge in [-0.05, 0) is 19.8 Å². The van der Waals surface area contributed by atoms with Gasteiger partial charge < -0.3 is 15.0 Å². The molecule has 1 aromatic heterocycles. The van der Waals surface area contributed by atoms with Crippen LogP contribution in [0, 0.1) is 6.92 Å².